The zero-order valence-corrected chi connectivity index (χ0v) is 13.9. The number of sulfonamides is 1. The molecule has 1 saturated carbocycles. The van der Waals surface area contributed by atoms with Crippen LogP contribution < -0.4 is 9.46 Å². The largest absolute Gasteiger partial charge is 0.493 e. The number of rotatable bonds is 4. The fourth-order valence-corrected chi connectivity index (χ4v) is 4.34. The maximum absolute atomic E-state index is 12.5. The number of fused-ring (bicyclic) bond motifs is 1. The highest BCUT2D eigenvalue weighted by molar-refractivity contribution is 7.90. The third kappa shape index (κ3) is 3.07. The van der Waals surface area contributed by atoms with E-state index in [1.165, 1.54) is 13.2 Å². The molecule has 3 rings (SSSR count). The highest BCUT2D eigenvalue weighted by atomic mass is 32.2. The summed E-state index contributed by atoms with van der Waals surface area (Å²) >= 11 is 0. The fourth-order valence-electron chi connectivity index (χ4n) is 3.25. The molecule has 23 heavy (non-hydrogen) atoms. The molecule has 6 nitrogen and oxygen atoms in total. The minimum atomic E-state index is -3.91. The molecule has 0 spiro atoms. The lowest BCUT2D eigenvalue weighted by Gasteiger charge is -2.25. The summed E-state index contributed by atoms with van der Waals surface area (Å²) in [6, 6.07) is 4.70. The van der Waals surface area contributed by atoms with E-state index in [0.29, 0.717) is 25.2 Å². The van der Waals surface area contributed by atoms with Crippen LogP contribution in [0.4, 0.5) is 0 Å². The zero-order valence-electron chi connectivity index (χ0n) is 13.1. The smallest absolute Gasteiger partial charge is 0.265 e. The lowest BCUT2D eigenvalue weighted by atomic mass is 10.0. The van der Waals surface area contributed by atoms with Gasteiger partial charge in [0.15, 0.2) is 0 Å². The van der Waals surface area contributed by atoms with E-state index in [2.05, 4.69) is 4.72 Å². The molecule has 126 valence electrons. The van der Waals surface area contributed by atoms with Gasteiger partial charge >= 0.3 is 0 Å². The van der Waals surface area contributed by atoms with Crippen molar-refractivity contribution in [1.29, 1.82) is 0 Å². The number of nitrogens with one attached hydrogen (secondary N) is 1. The van der Waals surface area contributed by atoms with E-state index >= 15 is 0 Å². The summed E-state index contributed by atoms with van der Waals surface area (Å²) in [6.45, 7) is 0.645. The van der Waals surface area contributed by atoms with Gasteiger partial charge in [0.05, 0.1) is 11.5 Å². The maximum atomic E-state index is 12.5. The quantitative estimate of drug-likeness (QED) is 0.904. The molecule has 1 amide bonds. The molecule has 1 heterocycles. The summed E-state index contributed by atoms with van der Waals surface area (Å²) in [5.41, 5.74) is -0.168. The normalized spacial score (nSPS) is 19.7. The molecule has 1 N–H and O–H groups in total. The Bertz CT molecular complexity index is 707. The molecule has 1 aromatic carbocycles. The third-order valence-electron chi connectivity index (χ3n) is 4.63. The van der Waals surface area contributed by atoms with Gasteiger partial charge in [0, 0.05) is 7.11 Å². The van der Waals surface area contributed by atoms with Crippen molar-refractivity contribution in [2.45, 2.75) is 49.0 Å². The lowest BCUT2D eigenvalue weighted by Crippen LogP contribution is -2.48. The number of carbonyl (C=O) groups excluding carboxylic acids is 1. The van der Waals surface area contributed by atoms with Gasteiger partial charge in [0.2, 0.25) is 0 Å². The van der Waals surface area contributed by atoms with Gasteiger partial charge in [-0.1, -0.05) is 0 Å². The van der Waals surface area contributed by atoms with E-state index in [-0.39, 0.29) is 4.90 Å². The molecule has 1 aromatic rings. The molecule has 1 fully saturated rings. The molecule has 0 aromatic heterocycles. The Kier molecular flexibility index (Phi) is 4.33. The molecule has 1 aliphatic heterocycles. The van der Waals surface area contributed by atoms with Crippen LogP contribution in [0.3, 0.4) is 0 Å². The van der Waals surface area contributed by atoms with Gasteiger partial charge in [0.25, 0.3) is 15.9 Å². The van der Waals surface area contributed by atoms with Crippen LogP contribution in [-0.2, 0) is 26.0 Å². The molecule has 1 aliphatic carbocycles. The van der Waals surface area contributed by atoms with Crippen molar-refractivity contribution < 1.29 is 22.7 Å². The second-order valence-corrected chi connectivity index (χ2v) is 7.74. The Morgan fingerprint density at radius 2 is 2.00 bits per heavy atom. The third-order valence-corrected chi connectivity index (χ3v) is 5.96. The highest BCUT2D eigenvalue weighted by Crippen LogP contribution is 2.33. The van der Waals surface area contributed by atoms with Gasteiger partial charge in [0.1, 0.15) is 11.4 Å². The van der Waals surface area contributed by atoms with E-state index in [9.17, 15) is 13.2 Å². The zero-order chi connectivity index (χ0) is 16.5. The van der Waals surface area contributed by atoms with Crippen molar-refractivity contribution in [3.8, 4) is 5.75 Å². The molecule has 0 saturated heterocycles. The first-order valence-electron chi connectivity index (χ1n) is 7.85. The molecular formula is C16H21NO5S. The van der Waals surface area contributed by atoms with Crippen LogP contribution in [0.1, 0.15) is 37.7 Å². The van der Waals surface area contributed by atoms with Crippen LogP contribution in [0.15, 0.2) is 23.1 Å². The Morgan fingerprint density at radius 1 is 1.26 bits per heavy atom. The molecule has 0 unspecified atom stereocenters. The van der Waals surface area contributed by atoms with Crippen molar-refractivity contribution in [1.82, 2.24) is 4.72 Å². The fraction of sp³-hybridized carbons (Fsp3) is 0.562. The number of hydrogen-bond donors (Lipinski definition) is 1. The van der Waals surface area contributed by atoms with Gasteiger partial charge in [-0.25, -0.2) is 13.1 Å². The van der Waals surface area contributed by atoms with Crippen molar-refractivity contribution in [3.63, 3.8) is 0 Å². The number of ether oxygens (including phenoxy) is 2. The minimum Gasteiger partial charge on any atom is -0.493 e. The SMILES string of the molecule is COC1(C(=O)NS(=O)(=O)c2ccc3c(c2)CCCO3)CCCC1. The van der Waals surface area contributed by atoms with Gasteiger partial charge < -0.3 is 9.47 Å². The Labute approximate surface area is 136 Å². The predicted molar refractivity (Wildman–Crippen MR) is 83.8 cm³/mol. The van der Waals surface area contributed by atoms with E-state index < -0.39 is 21.5 Å². The van der Waals surface area contributed by atoms with Gasteiger partial charge in [-0.2, -0.15) is 0 Å². The van der Waals surface area contributed by atoms with Crippen molar-refractivity contribution in [2.24, 2.45) is 0 Å². The van der Waals surface area contributed by atoms with Crippen LogP contribution in [0, 0.1) is 0 Å². The average molecular weight is 339 g/mol. The summed E-state index contributed by atoms with van der Waals surface area (Å²) in [5, 5.41) is 0. The predicted octanol–water partition coefficient (Wildman–Crippen LogP) is 1.78. The van der Waals surface area contributed by atoms with Crippen LogP contribution in [0.25, 0.3) is 0 Å². The topological polar surface area (TPSA) is 81.7 Å². The summed E-state index contributed by atoms with van der Waals surface area (Å²) in [5.74, 6) is 0.136. The summed E-state index contributed by atoms with van der Waals surface area (Å²) < 4.78 is 38.0. The number of carbonyl (C=O) groups is 1. The molecule has 0 atom stereocenters. The van der Waals surface area contributed by atoms with Gasteiger partial charge in [-0.15, -0.1) is 0 Å². The monoisotopic (exact) mass is 339 g/mol. The second kappa shape index (κ2) is 6.13. The molecular weight excluding hydrogens is 318 g/mol. The molecule has 0 bridgehead atoms. The summed E-state index contributed by atoms with van der Waals surface area (Å²) in [4.78, 5) is 12.5. The molecule has 7 heteroatoms. The first-order valence-corrected chi connectivity index (χ1v) is 9.33. The van der Waals surface area contributed by atoms with E-state index in [1.54, 1.807) is 12.1 Å². The lowest BCUT2D eigenvalue weighted by molar-refractivity contribution is -0.140. The Hall–Kier alpha value is -1.60. The first-order chi connectivity index (χ1) is 11.0. The van der Waals surface area contributed by atoms with E-state index in [4.69, 9.17) is 9.47 Å². The highest BCUT2D eigenvalue weighted by Gasteiger charge is 2.43. The summed E-state index contributed by atoms with van der Waals surface area (Å²) in [6.07, 6.45) is 4.44. The molecule has 0 radical (unpaired) electrons. The van der Waals surface area contributed by atoms with Crippen LogP contribution in [0.5, 0.6) is 5.75 Å². The first kappa shape index (κ1) is 16.3. The Balaban J connectivity index is 1.83. The van der Waals surface area contributed by atoms with E-state index in [0.717, 1.165) is 31.2 Å². The van der Waals surface area contributed by atoms with Gasteiger partial charge in [-0.05, 0) is 62.3 Å². The number of aryl methyl sites for hydroxylation is 1. The standard InChI is InChI=1S/C16H21NO5S/c1-21-16(8-2-3-9-16)15(18)17-23(19,20)13-6-7-14-12(11-13)5-4-10-22-14/h6-7,11H,2-5,8-10H2,1H3,(H,17,18). The number of benzene rings is 1. The summed E-state index contributed by atoms with van der Waals surface area (Å²) in [7, 11) is -2.46. The van der Waals surface area contributed by atoms with E-state index in [1.807, 2.05) is 0 Å². The number of methoxy groups -OCH3 is 1. The Morgan fingerprint density at radius 3 is 2.70 bits per heavy atom. The molecule has 2 aliphatic rings. The van der Waals surface area contributed by atoms with Gasteiger partial charge in [-0.3, -0.25) is 4.79 Å². The van der Waals surface area contributed by atoms with Crippen LogP contribution in [0.2, 0.25) is 0 Å². The van der Waals surface area contributed by atoms with Crippen LogP contribution in [-0.4, -0.2) is 33.6 Å². The average Bonchev–Trinajstić information content (AvgIpc) is 3.04. The maximum Gasteiger partial charge on any atom is 0.265 e. The van der Waals surface area contributed by atoms with Crippen molar-refractivity contribution in [3.05, 3.63) is 23.8 Å². The number of amides is 1. The van der Waals surface area contributed by atoms with Crippen LogP contribution >= 0.6 is 0 Å². The number of hydrogen-bond acceptors (Lipinski definition) is 5. The second-order valence-electron chi connectivity index (χ2n) is 6.06. The minimum absolute atomic E-state index is 0.0827. The van der Waals surface area contributed by atoms with Crippen molar-refractivity contribution >= 4 is 15.9 Å². The van der Waals surface area contributed by atoms with Crippen molar-refractivity contribution in [2.75, 3.05) is 13.7 Å².